The summed E-state index contributed by atoms with van der Waals surface area (Å²) in [6.45, 7) is 0. The van der Waals surface area contributed by atoms with Gasteiger partial charge in [-0.25, -0.2) is 4.98 Å². The van der Waals surface area contributed by atoms with Crippen molar-refractivity contribution < 1.29 is 4.74 Å². The van der Waals surface area contributed by atoms with E-state index >= 15 is 0 Å². The van der Waals surface area contributed by atoms with Crippen LogP contribution >= 0.6 is 0 Å². The number of benzene rings is 2. The van der Waals surface area contributed by atoms with Crippen molar-refractivity contribution in [1.29, 1.82) is 10.5 Å². The minimum atomic E-state index is 0.169. The third-order valence-corrected chi connectivity index (χ3v) is 3.85. The second kappa shape index (κ2) is 6.74. The standard InChI is InChI=1S/C20H14N4O/c1-25-16-4-2-3-15(9-16)17-10-19(24-20(23)18(17)12-22)14-7-5-13(11-21)6-8-14/h2-10H,1H3,(H2,23,24). The minimum absolute atomic E-state index is 0.169. The van der Waals surface area contributed by atoms with Gasteiger partial charge < -0.3 is 10.5 Å². The Kier molecular flexibility index (Phi) is 4.32. The van der Waals surface area contributed by atoms with Crippen LogP contribution in [-0.2, 0) is 0 Å². The number of anilines is 1. The Morgan fingerprint density at radius 2 is 1.72 bits per heavy atom. The third kappa shape index (κ3) is 3.12. The molecule has 5 heteroatoms. The van der Waals surface area contributed by atoms with Crippen LogP contribution in [0.4, 0.5) is 5.82 Å². The van der Waals surface area contributed by atoms with Crippen molar-refractivity contribution >= 4 is 5.82 Å². The van der Waals surface area contributed by atoms with Crippen molar-refractivity contribution in [3.05, 3.63) is 65.7 Å². The summed E-state index contributed by atoms with van der Waals surface area (Å²) >= 11 is 0. The molecular formula is C20H14N4O. The van der Waals surface area contributed by atoms with Gasteiger partial charge in [0.2, 0.25) is 0 Å². The summed E-state index contributed by atoms with van der Waals surface area (Å²) in [5.74, 6) is 0.860. The first kappa shape index (κ1) is 16.0. The van der Waals surface area contributed by atoms with Crippen LogP contribution in [-0.4, -0.2) is 12.1 Å². The Bertz CT molecular complexity index is 1010. The Balaban J connectivity index is 2.18. The fourth-order valence-electron chi connectivity index (χ4n) is 2.56. The van der Waals surface area contributed by atoms with Crippen LogP contribution < -0.4 is 10.5 Å². The highest BCUT2D eigenvalue weighted by Crippen LogP contribution is 2.32. The molecule has 0 aliphatic rings. The van der Waals surface area contributed by atoms with E-state index in [0.29, 0.717) is 28.1 Å². The van der Waals surface area contributed by atoms with Crippen molar-refractivity contribution in [3.8, 4) is 40.3 Å². The van der Waals surface area contributed by atoms with Gasteiger partial charge in [0.1, 0.15) is 23.2 Å². The fraction of sp³-hybridized carbons (Fsp3) is 0.0500. The van der Waals surface area contributed by atoms with Crippen molar-refractivity contribution in [1.82, 2.24) is 4.98 Å². The number of aromatic nitrogens is 1. The lowest BCUT2D eigenvalue weighted by molar-refractivity contribution is 0.415. The smallest absolute Gasteiger partial charge is 0.142 e. The summed E-state index contributed by atoms with van der Waals surface area (Å²) in [5.41, 5.74) is 9.87. The molecule has 2 N–H and O–H groups in total. The average Bonchev–Trinajstić information content (AvgIpc) is 2.67. The molecule has 0 bridgehead atoms. The zero-order valence-electron chi connectivity index (χ0n) is 13.5. The maximum absolute atomic E-state index is 9.48. The first-order valence-corrected chi connectivity index (χ1v) is 7.52. The van der Waals surface area contributed by atoms with E-state index < -0.39 is 0 Å². The predicted octanol–water partition coefficient (Wildman–Crippen LogP) is 3.75. The van der Waals surface area contributed by atoms with Gasteiger partial charge in [-0.2, -0.15) is 10.5 Å². The van der Waals surface area contributed by atoms with Gasteiger partial charge in [-0.3, -0.25) is 0 Å². The molecule has 0 radical (unpaired) electrons. The molecule has 3 aromatic rings. The van der Waals surface area contributed by atoms with Gasteiger partial charge >= 0.3 is 0 Å². The predicted molar refractivity (Wildman–Crippen MR) is 95.5 cm³/mol. The van der Waals surface area contributed by atoms with Crippen LogP contribution in [0.1, 0.15) is 11.1 Å². The normalized spacial score (nSPS) is 9.88. The molecule has 1 heterocycles. The van der Waals surface area contributed by atoms with Gasteiger partial charge in [-0.05, 0) is 35.9 Å². The number of nitrogen functional groups attached to an aromatic ring is 1. The highest BCUT2D eigenvalue weighted by atomic mass is 16.5. The molecule has 0 saturated heterocycles. The van der Waals surface area contributed by atoms with E-state index in [1.807, 2.05) is 42.5 Å². The number of hydrogen-bond acceptors (Lipinski definition) is 5. The molecule has 5 nitrogen and oxygen atoms in total. The van der Waals surface area contributed by atoms with Gasteiger partial charge in [0.15, 0.2) is 0 Å². The molecule has 0 fully saturated rings. The minimum Gasteiger partial charge on any atom is -0.497 e. The van der Waals surface area contributed by atoms with Gasteiger partial charge in [0, 0.05) is 11.1 Å². The summed E-state index contributed by atoms with van der Waals surface area (Å²) < 4.78 is 5.26. The second-order valence-electron chi connectivity index (χ2n) is 5.35. The molecular weight excluding hydrogens is 312 g/mol. The van der Waals surface area contributed by atoms with Crippen molar-refractivity contribution in [2.45, 2.75) is 0 Å². The van der Waals surface area contributed by atoms with Crippen molar-refractivity contribution in [2.75, 3.05) is 12.8 Å². The molecule has 0 unspecified atom stereocenters. The molecule has 0 spiro atoms. The number of nitrogens with two attached hydrogens (primary N) is 1. The first-order valence-electron chi connectivity index (χ1n) is 7.52. The zero-order chi connectivity index (χ0) is 17.8. The van der Waals surface area contributed by atoms with E-state index in [-0.39, 0.29) is 5.82 Å². The summed E-state index contributed by atoms with van der Waals surface area (Å²) in [6, 6.07) is 20.5. The quantitative estimate of drug-likeness (QED) is 0.790. The number of nitriles is 2. The topological polar surface area (TPSA) is 95.7 Å². The molecule has 0 saturated carbocycles. The molecule has 3 rings (SSSR count). The Labute approximate surface area is 145 Å². The summed E-state index contributed by atoms with van der Waals surface area (Å²) in [7, 11) is 1.59. The van der Waals surface area contributed by atoms with Crippen molar-refractivity contribution in [3.63, 3.8) is 0 Å². The van der Waals surface area contributed by atoms with Crippen LogP contribution in [0.15, 0.2) is 54.6 Å². The van der Waals surface area contributed by atoms with Crippen LogP contribution in [0.3, 0.4) is 0 Å². The van der Waals surface area contributed by atoms with E-state index in [1.54, 1.807) is 19.2 Å². The van der Waals surface area contributed by atoms with Crippen LogP contribution in [0.5, 0.6) is 5.75 Å². The Morgan fingerprint density at radius 1 is 0.960 bits per heavy atom. The molecule has 0 aliphatic carbocycles. The number of methoxy groups -OCH3 is 1. The van der Waals surface area contributed by atoms with E-state index in [2.05, 4.69) is 17.1 Å². The Morgan fingerprint density at radius 3 is 2.36 bits per heavy atom. The molecule has 2 aromatic carbocycles. The number of hydrogen-bond donors (Lipinski definition) is 1. The molecule has 1 aromatic heterocycles. The summed E-state index contributed by atoms with van der Waals surface area (Å²) in [5, 5.41) is 18.4. The van der Waals surface area contributed by atoms with Gasteiger partial charge in [0.05, 0.1) is 24.4 Å². The number of pyridine rings is 1. The number of rotatable bonds is 3. The zero-order valence-corrected chi connectivity index (χ0v) is 13.5. The van der Waals surface area contributed by atoms with E-state index in [0.717, 1.165) is 11.1 Å². The number of nitrogens with zero attached hydrogens (tertiary/aromatic N) is 3. The van der Waals surface area contributed by atoms with Crippen LogP contribution in [0, 0.1) is 22.7 Å². The lowest BCUT2D eigenvalue weighted by atomic mass is 9.98. The summed E-state index contributed by atoms with van der Waals surface area (Å²) in [6.07, 6.45) is 0. The van der Waals surface area contributed by atoms with E-state index in [4.69, 9.17) is 15.7 Å². The van der Waals surface area contributed by atoms with Crippen LogP contribution in [0.2, 0.25) is 0 Å². The molecule has 25 heavy (non-hydrogen) atoms. The molecule has 120 valence electrons. The average molecular weight is 326 g/mol. The second-order valence-corrected chi connectivity index (χ2v) is 5.35. The molecule has 0 atom stereocenters. The van der Waals surface area contributed by atoms with Gasteiger partial charge in [-0.1, -0.05) is 24.3 Å². The van der Waals surface area contributed by atoms with E-state index in [1.165, 1.54) is 0 Å². The maximum Gasteiger partial charge on any atom is 0.142 e. The largest absolute Gasteiger partial charge is 0.497 e. The molecule has 0 amide bonds. The Hall–Kier alpha value is -3.83. The summed E-state index contributed by atoms with van der Waals surface area (Å²) in [4.78, 5) is 4.34. The van der Waals surface area contributed by atoms with Gasteiger partial charge in [0.25, 0.3) is 0 Å². The maximum atomic E-state index is 9.48. The SMILES string of the molecule is COc1cccc(-c2cc(-c3ccc(C#N)cc3)nc(N)c2C#N)c1. The van der Waals surface area contributed by atoms with Gasteiger partial charge in [-0.15, -0.1) is 0 Å². The fourth-order valence-corrected chi connectivity index (χ4v) is 2.56. The van der Waals surface area contributed by atoms with E-state index in [9.17, 15) is 5.26 Å². The lowest BCUT2D eigenvalue weighted by Gasteiger charge is -2.11. The third-order valence-electron chi connectivity index (χ3n) is 3.85. The first-order chi connectivity index (χ1) is 12.2. The monoisotopic (exact) mass is 326 g/mol. The number of ether oxygens (including phenoxy) is 1. The highest BCUT2D eigenvalue weighted by Gasteiger charge is 2.14. The van der Waals surface area contributed by atoms with Crippen LogP contribution in [0.25, 0.3) is 22.4 Å². The van der Waals surface area contributed by atoms with Crippen molar-refractivity contribution in [2.24, 2.45) is 0 Å². The lowest BCUT2D eigenvalue weighted by Crippen LogP contribution is -2.00. The highest BCUT2D eigenvalue weighted by molar-refractivity contribution is 5.80. The molecule has 0 aliphatic heterocycles.